The molecule has 0 saturated carbocycles. The molecule has 1 N–H and O–H groups in total. The van der Waals surface area contributed by atoms with Gasteiger partial charge >= 0.3 is 0 Å². The molecule has 0 amide bonds. The SMILES string of the molecule is COc1cccc(NS(=O)(=O)c2cc(Br)ccc2OC)c1. The lowest BCUT2D eigenvalue weighted by atomic mass is 10.3. The van der Waals surface area contributed by atoms with E-state index in [0.29, 0.717) is 15.9 Å². The number of halogens is 1. The predicted molar refractivity (Wildman–Crippen MR) is 84.5 cm³/mol. The van der Waals surface area contributed by atoms with E-state index in [1.807, 2.05) is 0 Å². The lowest BCUT2D eigenvalue weighted by Crippen LogP contribution is -2.14. The summed E-state index contributed by atoms with van der Waals surface area (Å²) in [5, 5.41) is 0. The third-order valence-corrected chi connectivity index (χ3v) is 4.63. The minimum absolute atomic E-state index is 0.0576. The minimum Gasteiger partial charge on any atom is -0.497 e. The van der Waals surface area contributed by atoms with E-state index in [4.69, 9.17) is 9.47 Å². The van der Waals surface area contributed by atoms with Gasteiger partial charge in [-0.25, -0.2) is 8.42 Å². The molecule has 0 bridgehead atoms. The second-order valence-corrected chi connectivity index (χ2v) is 6.70. The maximum absolute atomic E-state index is 12.5. The number of hydrogen-bond acceptors (Lipinski definition) is 4. The van der Waals surface area contributed by atoms with Crippen molar-refractivity contribution in [3.63, 3.8) is 0 Å². The Labute approximate surface area is 132 Å². The first-order valence-electron chi connectivity index (χ1n) is 5.96. The van der Waals surface area contributed by atoms with Crippen LogP contribution >= 0.6 is 15.9 Å². The molecule has 2 rings (SSSR count). The number of benzene rings is 2. The molecule has 0 aliphatic carbocycles. The van der Waals surface area contributed by atoms with E-state index < -0.39 is 10.0 Å². The summed E-state index contributed by atoms with van der Waals surface area (Å²) in [6.07, 6.45) is 0. The first-order valence-corrected chi connectivity index (χ1v) is 8.24. The van der Waals surface area contributed by atoms with E-state index in [0.717, 1.165) is 0 Å². The smallest absolute Gasteiger partial charge is 0.265 e. The van der Waals surface area contributed by atoms with E-state index >= 15 is 0 Å². The largest absolute Gasteiger partial charge is 0.497 e. The summed E-state index contributed by atoms with van der Waals surface area (Å²) in [6, 6.07) is 11.5. The molecule has 0 aliphatic heterocycles. The zero-order valence-corrected chi connectivity index (χ0v) is 13.9. The molecule has 0 aliphatic rings. The summed E-state index contributed by atoms with van der Waals surface area (Å²) in [5.41, 5.74) is 0.413. The van der Waals surface area contributed by atoms with Crippen molar-refractivity contribution >= 4 is 31.6 Å². The molecule has 0 radical (unpaired) electrons. The number of anilines is 1. The zero-order chi connectivity index (χ0) is 15.5. The average Bonchev–Trinajstić information content (AvgIpc) is 2.47. The molecule has 0 unspecified atom stereocenters. The Morgan fingerprint density at radius 1 is 1.05 bits per heavy atom. The van der Waals surface area contributed by atoms with Crippen LogP contribution in [0.4, 0.5) is 5.69 Å². The zero-order valence-electron chi connectivity index (χ0n) is 11.5. The summed E-state index contributed by atoms with van der Waals surface area (Å²) in [6.45, 7) is 0. The van der Waals surface area contributed by atoms with E-state index in [9.17, 15) is 8.42 Å². The van der Waals surface area contributed by atoms with Gasteiger partial charge in [0.2, 0.25) is 0 Å². The highest BCUT2D eigenvalue weighted by molar-refractivity contribution is 9.10. The monoisotopic (exact) mass is 371 g/mol. The topological polar surface area (TPSA) is 64.6 Å². The molecule has 0 spiro atoms. The fourth-order valence-electron chi connectivity index (χ4n) is 1.76. The highest BCUT2D eigenvalue weighted by Gasteiger charge is 2.20. The molecular weight excluding hydrogens is 358 g/mol. The minimum atomic E-state index is -3.76. The standard InChI is InChI=1S/C14H14BrNO4S/c1-19-12-5-3-4-11(9-12)16-21(17,18)14-8-10(15)6-7-13(14)20-2/h3-9,16H,1-2H3. The van der Waals surface area contributed by atoms with Crippen molar-refractivity contribution in [2.24, 2.45) is 0 Å². The first kappa shape index (κ1) is 15.7. The summed E-state index contributed by atoms with van der Waals surface area (Å²) in [4.78, 5) is 0.0576. The van der Waals surface area contributed by atoms with Gasteiger partial charge in [0.15, 0.2) is 0 Å². The maximum atomic E-state index is 12.5. The lowest BCUT2D eigenvalue weighted by molar-refractivity contribution is 0.403. The van der Waals surface area contributed by atoms with Gasteiger partial charge in [0.1, 0.15) is 16.4 Å². The molecule has 2 aromatic carbocycles. The van der Waals surface area contributed by atoms with E-state index in [1.165, 1.54) is 20.3 Å². The number of nitrogens with one attached hydrogen (secondary N) is 1. The summed E-state index contributed by atoms with van der Waals surface area (Å²) in [7, 11) is -0.821. The predicted octanol–water partition coefficient (Wildman–Crippen LogP) is 3.27. The fourth-order valence-corrected chi connectivity index (χ4v) is 3.52. The van der Waals surface area contributed by atoms with Crippen molar-refractivity contribution < 1.29 is 17.9 Å². The Hall–Kier alpha value is -1.73. The van der Waals surface area contributed by atoms with Crippen LogP contribution in [0.3, 0.4) is 0 Å². The van der Waals surface area contributed by atoms with Crippen molar-refractivity contribution in [3.05, 3.63) is 46.9 Å². The van der Waals surface area contributed by atoms with Gasteiger partial charge in [0.05, 0.1) is 19.9 Å². The van der Waals surface area contributed by atoms with Crippen LogP contribution in [0.1, 0.15) is 0 Å². The first-order chi connectivity index (χ1) is 9.96. The van der Waals surface area contributed by atoms with Crippen molar-refractivity contribution in [2.75, 3.05) is 18.9 Å². The maximum Gasteiger partial charge on any atom is 0.265 e. The van der Waals surface area contributed by atoms with Crippen LogP contribution in [0.25, 0.3) is 0 Å². The highest BCUT2D eigenvalue weighted by atomic mass is 79.9. The van der Waals surface area contributed by atoms with Crippen LogP contribution in [0.5, 0.6) is 11.5 Å². The van der Waals surface area contributed by atoms with Crippen LogP contribution < -0.4 is 14.2 Å². The number of sulfonamides is 1. The molecular formula is C14H14BrNO4S. The molecule has 2 aromatic rings. The quantitative estimate of drug-likeness (QED) is 0.875. The van der Waals surface area contributed by atoms with Gasteiger partial charge in [0.25, 0.3) is 10.0 Å². The van der Waals surface area contributed by atoms with Gasteiger partial charge < -0.3 is 9.47 Å². The van der Waals surface area contributed by atoms with E-state index in [-0.39, 0.29) is 10.6 Å². The summed E-state index contributed by atoms with van der Waals surface area (Å²) < 4.78 is 38.3. The lowest BCUT2D eigenvalue weighted by Gasteiger charge is -2.12. The Morgan fingerprint density at radius 3 is 2.48 bits per heavy atom. The average molecular weight is 372 g/mol. The molecule has 0 heterocycles. The summed E-state index contributed by atoms with van der Waals surface area (Å²) >= 11 is 3.26. The van der Waals surface area contributed by atoms with Crippen LogP contribution in [0.2, 0.25) is 0 Å². The Balaban J connectivity index is 2.40. The van der Waals surface area contributed by atoms with Crippen molar-refractivity contribution in [1.82, 2.24) is 0 Å². The van der Waals surface area contributed by atoms with E-state index in [1.54, 1.807) is 36.4 Å². The van der Waals surface area contributed by atoms with Crippen LogP contribution in [-0.4, -0.2) is 22.6 Å². The third-order valence-electron chi connectivity index (χ3n) is 2.74. The number of hydrogen-bond donors (Lipinski definition) is 1. The Kier molecular flexibility index (Phi) is 4.74. The molecule has 5 nitrogen and oxygen atoms in total. The van der Waals surface area contributed by atoms with Crippen LogP contribution in [-0.2, 0) is 10.0 Å². The second-order valence-electron chi connectivity index (χ2n) is 4.13. The normalized spacial score (nSPS) is 11.0. The van der Waals surface area contributed by atoms with Crippen LogP contribution in [0, 0.1) is 0 Å². The van der Waals surface area contributed by atoms with Gasteiger partial charge in [-0.3, -0.25) is 4.72 Å². The molecule has 0 fully saturated rings. The summed E-state index contributed by atoms with van der Waals surface area (Å²) in [5.74, 6) is 0.838. The van der Waals surface area contributed by atoms with Gasteiger partial charge in [-0.05, 0) is 30.3 Å². The molecule has 0 aromatic heterocycles. The van der Waals surface area contributed by atoms with Gasteiger partial charge in [-0.2, -0.15) is 0 Å². The Bertz CT molecular complexity index is 746. The van der Waals surface area contributed by atoms with Crippen molar-refractivity contribution in [1.29, 1.82) is 0 Å². The third kappa shape index (κ3) is 3.68. The number of methoxy groups -OCH3 is 2. The number of rotatable bonds is 5. The molecule has 21 heavy (non-hydrogen) atoms. The van der Waals surface area contributed by atoms with Crippen LogP contribution in [0.15, 0.2) is 51.8 Å². The molecule has 0 atom stereocenters. The number of ether oxygens (including phenoxy) is 2. The highest BCUT2D eigenvalue weighted by Crippen LogP contribution is 2.29. The van der Waals surface area contributed by atoms with Gasteiger partial charge in [-0.1, -0.05) is 22.0 Å². The van der Waals surface area contributed by atoms with E-state index in [2.05, 4.69) is 20.7 Å². The van der Waals surface area contributed by atoms with Crippen molar-refractivity contribution in [3.8, 4) is 11.5 Å². The molecule has 7 heteroatoms. The fraction of sp³-hybridized carbons (Fsp3) is 0.143. The second kappa shape index (κ2) is 6.36. The van der Waals surface area contributed by atoms with Gasteiger partial charge in [-0.15, -0.1) is 0 Å². The van der Waals surface area contributed by atoms with Gasteiger partial charge in [0, 0.05) is 10.5 Å². The molecule has 0 saturated heterocycles. The Morgan fingerprint density at radius 2 is 1.81 bits per heavy atom. The molecule has 112 valence electrons. The van der Waals surface area contributed by atoms with Crippen molar-refractivity contribution in [2.45, 2.75) is 4.90 Å².